The number of aromatic nitrogens is 2. The summed E-state index contributed by atoms with van der Waals surface area (Å²) in [5, 5.41) is 11.3. The molecule has 2 aromatic rings. The van der Waals surface area contributed by atoms with E-state index in [0.29, 0.717) is 18.3 Å². The molecule has 5 heteroatoms. The summed E-state index contributed by atoms with van der Waals surface area (Å²) in [5.41, 5.74) is 1.61. The molecule has 1 saturated carbocycles. The van der Waals surface area contributed by atoms with Gasteiger partial charge >= 0.3 is 0 Å². The molecule has 1 N–H and O–H groups in total. The first kappa shape index (κ1) is 15.7. The first-order valence-electron chi connectivity index (χ1n) is 8.34. The van der Waals surface area contributed by atoms with Crippen molar-refractivity contribution < 1.29 is 9.21 Å². The highest BCUT2D eigenvalue weighted by Gasteiger charge is 2.25. The average molecular weight is 313 g/mol. The summed E-state index contributed by atoms with van der Waals surface area (Å²) in [5.74, 6) is 1.81. The highest BCUT2D eigenvalue weighted by atomic mass is 16.4. The van der Waals surface area contributed by atoms with Crippen LogP contribution in [0.1, 0.15) is 67.6 Å². The summed E-state index contributed by atoms with van der Waals surface area (Å²) in [7, 11) is 0. The molecule has 0 spiro atoms. The van der Waals surface area contributed by atoms with Crippen molar-refractivity contribution in [2.24, 2.45) is 5.92 Å². The van der Waals surface area contributed by atoms with Gasteiger partial charge in [-0.25, -0.2) is 0 Å². The van der Waals surface area contributed by atoms with E-state index in [-0.39, 0.29) is 17.6 Å². The van der Waals surface area contributed by atoms with Gasteiger partial charge in [-0.05, 0) is 25.0 Å². The molecule has 3 rings (SSSR count). The standard InChI is InChI=1S/C18H23N3O2/c1-12(2)18-21-20-16(23-18)11-19-15-10-6-5-9-14(15)17(22)13-7-3-4-8-13/h5-6,9-10,12-13,19H,3-4,7-8,11H2,1-2H3. The van der Waals surface area contributed by atoms with Crippen molar-refractivity contribution in [2.45, 2.75) is 52.0 Å². The molecule has 0 atom stereocenters. The number of benzene rings is 1. The van der Waals surface area contributed by atoms with Gasteiger partial charge in [-0.2, -0.15) is 0 Å². The van der Waals surface area contributed by atoms with Crippen LogP contribution in [0.15, 0.2) is 28.7 Å². The predicted molar refractivity (Wildman–Crippen MR) is 88.4 cm³/mol. The minimum absolute atomic E-state index is 0.175. The monoisotopic (exact) mass is 313 g/mol. The summed E-state index contributed by atoms with van der Waals surface area (Å²) in [6.07, 6.45) is 4.33. The Bertz CT molecular complexity index is 672. The average Bonchev–Trinajstić information content (AvgIpc) is 3.24. The van der Waals surface area contributed by atoms with Gasteiger partial charge in [0.05, 0.1) is 6.54 Å². The Morgan fingerprint density at radius 3 is 2.70 bits per heavy atom. The SMILES string of the molecule is CC(C)c1nnc(CNc2ccccc2C(=O)C2CCCC2)o1. The molecule has 1 fully saturated rings. The number of rotatable bonds is 6. The van der Waals surface area contributed by atoms with E-state index in [4.69, 9.17) is 4.42 Å². The fourth-order valence-corrected chi connectivity index (χ4v) is 3.00. The number of carbonyl (C=O) groups is 1. The number of nitrogens with one attached hydrogen (secondary N) is 1. The van der Waals surface area contributed by atoms with E-state index in [9.17, 15) is 4.79 Å². The predicted octanol–water partition coefficient (Wildman–Crippen LogP) is 4.18. The third kappa shape index (κ3) is 3.60. The normalized spacial score (nSPS) is 15.3. The summed E-state index contributed by atoms with van der Waals surface area (Å²) in [6.45, 7) is 4.45. The van der Waals surface area contributed by atoms with Gasteiger partial charge in [0.2, 0.25) is 11.8 Å². The molecule has 0 aliphatic heterocycles. The van der Waals surface area contributed by atoms with Gasteiger partial charge in [-0.3, -0.25) is 4.79 Å². The Hall–Kier alpha value is -2.17. The number of anilines is 1. The third-order valence-corrected chi connectivity index (χ3v) is 4.32. The smallest absolute Gasteiger partial charge is 0.235 e. The van der Waals surface area contributed by atoms with Crippen molar-refractivity contribution in [3.63, 3.8) is 0 Å². The van der Waals surface area contributed by atoms with Gasteiger partial charge in [-0.1, -0.05) is 38.8 Å². The lowest BCUT2D eigenvalue weighted by Gasteiger charge is -2.13. The Morgan fingerprint density at radius 1 is 1.26 bits per heavy atom. The van der Waals surface area contributed by atoms with Crippen molar-refractivity contribution in [1.82, 2.24) is 10.2 Å². The molecular formula is C18H23N3O2. The first-order chi connectivity index (χ1) is 11.1. The number of para-hydroxylation sites is 1. The number of ketones is 1. The van der Waals surface area contributed by atoms with Gasteiger partial charge in [0.15, 0.2) is 5.78 Å². The second-order valence-electron chi connectivity index (χ2n) is 6.43. The number of carbonyl (C=O) groups excluding carboxylic acids is 1. The first-order valence-corrected chi connectivity index (χ1v) is 8.34. The van der Waals surface area contributed by atoms with E-state index < -0.39 is 0 Å². The van der Waals surface area contributed by atoms with Crippen molar-refractivity contribution in [1.29, 1.82) is 0 Å². The topological polar surface area (TPSA) is 68.0 Å². The van der Waals surface area contributed by atoms with Crippen LogP contribution in [0.5, 0.6) is 0 Å². The zero-order valence-corrected chi connectivity index (χ0v) is 13.7. The van der Waals surface area contributed by atoms with Crippen LogP contribution in [0.2, 0.25) is 0 Å². The van der Waals surface area contributed by atoms with E-state index in [0.717, 1.165) is 36.9 Å². The molecule has 1 aliphatic carbocycles. The molecule has 23 heavy (non-hydrogen) atoms. The molecular weight excluding hydrogens is 290 g/mol. The molecule has 0 radical (unpaired) electrons. The Kier molecular flexibility index (Phi) is 4.74. The van der Waals surface area contributed by atoms with E-state index in [2.05, 4.69) is 15.5 Å². The van der Waals surface area contributed by atoms with Crippen molar-refractivity contribution in [2.75, 3.05) is 5.32 Å². The molecule has 0 bridgehead atoms. The number of hydrogen-bond acceptors (Lipinski definition) is 5. The zero-order chi connectivity index (χ0) is 16.2. The highest BCUT2D eigenvalue weighted by Crippen LogP contribution is 2.30. The molecule has 122 valence electrons. The van der Waals surface area contributed by atoms with E-state index in [1.54, 1.807) is 0 Å². The minimum atomic E-state index is 0.175. The largest absolute Gasteiger partial charge is 0.423 e. The Balaban J connectivity index is 1.71. The number of nitrogens with zero attached hydrogens (tertiary/aromatic N) is 2. The molecule has 0 saturated heterocycles. The van der Waals surface area contributed by atoms with Crippen LogP contribution < -0.4 is 5.32 Å². The van der Waals surface area contributed by atoms with Gasteiger partial charge in [-0.15, -0.1) is 10.2 Å². The fraction of sp³-hybridized carbons (Fsp3) is 0.500. The molecule has 0 amide bonds. The number of hydrogen-bond donors (Lipinski definition) is 1. The Labute approximate surface area is 136 Å². The van der Waals surface area contributed by atoms with E-state index in [1.807, 2.05) is 38.1 Å². The summed E-state index contributed by atoms with van der Waals surface area (Å²) in [4.78, 5) is 12.7. The maximum atomic E-state index is 12.7. The van der Waals surface area contributed by atoms with E-state index in [1.165, 1.54) is 0 Å². The molecule has 5 nitrogen and oxygen atoms in total. The molecule has 1 aromatic carbocycles. The maximum absolute atomic E-state index is 12.7. The lowest BCUT2D eigenvalue weighted by molar-refractivity contribution is 0.0923. The highest BCUT2D eigenvalue weighted by molar-refractivity contribution is 6.02. The fourth-order valence-electron chi connectivity index (χ4n) is 3.00. The quantitative estimate of drug-likeness (QED) is 0.810. The summed E-state index contributed by atoms with van der Waals surface area (Å²) < 4.78 is 5.60. The lowest BCUT2D eigenvalue weighted by Crippen LogP contribution is -2.14. The molecule has 1 heterocycles. The van der Waals surface area contributed by atoms with Gasteiger partial charge in [0, 0.05) is 23.1 Å². The van der Waals surface area contributed by atoms with Crippen LogP contribution >= 0.6 is 0 Å². The lowest BCUT2D eigenvalue weighted by atomic mass is 9.95. The summed E-state index contributed by atoms with van der Waals surface area (Å²) >= 11 is 0. The summed E-state index contributed by atoms with van der Waals surface area (Å²) in [6, 6.07) is 7.68. The van der Waals surface area contributed by atoms with E-state index >= 15 is 0 Å². The van der Waals surface area contributed by atoms with Crippen molar-refractivity contribution in [3.05, 3.63) is 41.6 Å². The van der Waals surface area contributed by atoms with Crippen LogP contribution in [0, 0.1) is 5.92 Å². The second-order valence-corrected chi connectivity index (χ2v) is 6.43. The second kappa shape index (κ2) is 6.94. The van der Waals surface area contributed by atoms with Crippen molar-refractivity contribution >= 4 is 11.5 Å². The van der Waals surface area contributed by atoms with Gasteiger partial charge < -0.3 is 9.73 Å². The number of Topliss-reactive ketones (excluding diaryl/α,β-unsaturated/α-hetero) is 1. The van der Waals surface area contributed by atoms with Gasteiger partial charge in [0.1, 0.15) is 0 Å². The van der Waals surface area contributed by atoms with Gasteiger partial charge in [0.25, 0.3) is 0 Å². The van der Waals surface area contributed by atoms with Crippen LogP contribution in [-0.2, 0) is 6.54 Å². The van der Waals surface area contributed by atoms with Crippen molar-refractivity contribution in [3.8, 4) is 0 Å². The molecule has 0 unspecified atom stereocenters. The van der Waals surface area contributed by atoms with Crippen LogP contribution in [0.4, 0.5) is 5.69 Å². The van der Waals surface area contributed by atoms with Crippen LogP contribution in [0.25, 0.3) is 0 Å². The maximum Gasteiger partial charge on any atom is 0.235 e. The molecule has 1 aromatic heterocycles. The zero-order valence-electron chi connectivity index (χ0n) is 13.7. The third-order valence-electron chi connectivity index (χ3n) is 4.32. The minimum Gasteiger partial charge on any atom is -0.423 e. The van der Waals surface area contributed by atoms with Crippen LogP contribution in [-0.4, -0.2) is 16.0 Å². The van der Waals surface area contributed by atoms with Crippen LogP contribution in [0.3, 0.4) is 0 Å². The Morgan fingerprint density at radius 2 is 2.00 bits per heavy atom. The molecule has 1 aliphatic rings.